The number of rotatable bonds is 4. The summed E-state index contributed by atoms with van der Waals surface area (Å²) in [6.45, 7) is 3.76. The highest BCUT2D eigenvalue weighted by Crippen LogP contribution is 2.25. The van der Waals surface area contributed by atoms with Gasteiger partial charge in [-0.3, -0.25) is 9.36 Å². The normalized spacial score (nSPS) is 12.3. The fourth-order valence-electron chi connectivity index (χ4n) is 2.32. The molecule has 0 unspecified atom stereocenters. The molecule has 0 atom stereocenters. The Morgan fingerprint density at radius 2 is 2.14 bits per heavy atom. The fraction of sp³-hybridized carbons (Fsp3) is 0.235. The second-order valence-electron chi connectivity index (χ2n) is 4.65. The van der Waals surface area contributed by atoms with E-state index in [0.717, 1.165) is 22.3 Å². The predicted molar refractivity (Wildman–Crippen MR) is 87.5 cm³/mol. The molecule has 0 saturated carbocycles. The van der Waals surface area contributed by atoms with Crippen LogP contribution in [-0.4, -0.2) is 23.5 Å². The van der Waals surface area contributed by atoms with Gasteiger partial charge in [-0.15, -0.1) is 11.6 Å². The molecule has 21 heavy (non-hydrogen) atoms. The number of nitrogens with zero attached hydrogens (tertiary/aromatic N) is 1. The number of allylic oxidation sites excluding steroid dienone is 4. The minimum atomic E-state index is -0.0588. The Balaban J connectivity index is 2.53. The van der Waals surface area contributed by atoms with E-state index >= 15 is 0 Å². The number of aryl methyl sites for hydroxylation is 1. The summed E-state index contributed by atoms with van der Waals surface area (Å²) in [6, 6.07) is 7.66. The molecule has 0 saturated heterocycles. The lowest BCUT2D eigenvalue weighted by atomic mass is 10.2. The number of carbonyl (C=O) groups excluding carboxylic acids is 1. The molecule has 1 aromatic carbocycles. The number of hydrogen-bond acceptors (Lipinski definition) is 2. The summed E-state index contributed by atoms with van der Waals surface area (Å²) < 4.78 is 6.93. The maximum atomic E-state index is 12.7. The molecule has 0 fully saturated rings. The van der Waals surface area contributed by atoms with Crippen LogP contribution in [0.2, 0.25) is 0 Å². The first kappa shape index (κ1) is 15.4. The van der Waals surface area contributed by atoms with Crippen LogP contribution in [0, 0.1) is 6.92 Å². The van der Waals surface area contributed by atoms with Crippen LogP contribution in [0.3, 0.4) is 0 Å². The Morgan fingerprint density at radius 3 is 2.76 bits per heavy atom. The molecule has 4 heteroatoms. The zero-order chi connectivity index (χ0) is 15.4. The highest BCUT2D eigenvalue weighted by molar-refractivity contribution is 6.19. The van der Waals surface area contributed by atoms with E-state index in [0.29, 0.717) is 11.5 Å². The number of carbonyl (C=O) groups is 1. The van der Waals surface area contributed by atoms with Gasteiger partial charge in [0.25, 0.3) is 5.91 Å². The third-order valence-electron chi connectivity index (χ3n) is 3.34. The Morgan fingerprint density at radius 1 is 1.38 bits per heavy atom. The van der Waals surface area contributed by atoms with Crippen LogP contribution in [0.4, 0.5) is 0 Å². The lowest BCUT2D eigenvalue weighted by Gasteiger charge is -2.08. The summed E-state index contributed by atoms with van der Waals surface area (Å²) in [6.07, 6.45) is 5.31. The van der Waals surface area contributed by atoms with Crippen LogP contribution < -0.4 is 4.74 Å². The number of alkyl halides is 1. The first-order chi connectivity index (χ1) is 10.1. The molecule has 0 radical (unpaired) electrons. The highest BCUT2D eigenvalue weighted by Gasteiger charge is 2.15. The smallest absolute Gasteiger partial charge is 0.262 e. The summed E-state index contributed by atoms with van der Waals surface area (Å²) >= 11 is 5.65. The number of benzene rings is 1. The predicted octanol–water partition coefficient (Wildman–Crippen LogP) is 4.34. The maximum absolute atomic E-state index is 12.7. The van der Waals surface area contributed by atoms with E-state index in [4.69, 9.17) is 16.3 Å². The molecule has 0 spiro atoms. The second kappa shape index (κ2) is 6.64. The van der Waals surface area contributed by atoms with Crippen molar-refractivity contribution in [1.82, 2.24) is 4.57 Å². The van der Waals surface area contributed by atoms with Gasteiger partial charge in [-0.1, -0.05) is 18.2 Å². The van der Waals surface area contributed by atoms with E-state index in [1.165, 1.54) is 0 Å². The number of fused-ring (bicyclic) bond motifs is 1. The average Bonchev–Trinajstić information content (AvgIpc) is 2.82. The topological polar surface area (TPSA) is 31.2 Å². The van der Waals surface area contributed by atoms with Gasteiger partial charge in [0.2, 0.25) is 0 Å². The minimum absolute atomic E-state index is 0.0588. The maximum Gasteiger partial charge on any atom is 0.262 e. The zero-order valence-corrected chi connectivity index (χ0v) is 13.1. The fourth-order valence-corrected chi connectivity index (χ4v) is 2.41. The van der Waals surface area contributed by atoms with Crippen molar-refractivity contribution in [3.05, 3.63) is 53.8 Å². The number of aromatic nitrogens is 1. The molecule has 0 aliphatic carbocycles. The van der Waals surface area contributed by atoms with Crippen LogP contribution in [-0.2, 0) is 0 Å². The number of methoxy groups -OCH3 is 1. The Labute approximate surface area is 129 Å². The molecule has 0 aliphatic heterocycles. The van der Waals surface area contributed by atoms with Crippen LogP contribution in [0.25, 0.3) is 10.9 Å². The van der Waals surface area contributed by atoms with E-state index in [1.807, 2.05) is 38.1 Å². The van der Waals surface area contributed by atoms with Crippen LogP contribution in [0.5, 0.6) is 5.75 Å². The van der Waals surface area contributed by atoms with Crippen molar-refractivity contribution in [2.75, 3.05) is 13.0 Å². The van der Waals surface area contributed by atoms with Gasteiger partial charge in [-0.25, -0.2) is 0 Å². The third-order valence-corrected chi connectivity index (χ3v) is 3.52. The molecule has 0 amide bonds. The SMILES string of the molecule is C/C=C(\C=C/CCl)C(=O)n1c(C)cc2cc(OC)ccc21. The molecule has 0 N–H and O–H groups in total. The van der Waals surface area contributed by atoms with E-state index in [9.17, 15) is 4.79 Å². The lowest BCUT2D eigenvalue weighted by molar-refractivity contribution is 0.0962. The van der Waals surface area contributed by atoms with Crippen molar-refractivity contribution < 1.29 is 9.53 Å². The Bertz CT molecular complexity index is 726. The molecular formula is C17H18ClNO2. The molecule has 0 bridgehead atoms. The second-order valence-corrected chi connectivity index (χ2v) is 4.96. The van der Waals surface area contributed by atoms with Gasteiger partial charge in [0.15, 0.2) is 0 Å². The first-order valence-corrected chi connectivity index (χ1v) is 7.25. The van der Waals surface area contributed by atoms with Crippen molar-refractivity contribution >= 4 is 28.4 Å². The van der Waals surface area contributed by atoms with Gasteiger partial charge in [0.05, 0.1) is 12.6 Å². The molecular weight excluding hydrogens is 286 g/mol. The van der Waals surface area contributed by atoms with Gasteiger partial charge in [0, 0.05) is 22.5 Å². The van der Waals surface area contributed by atoms with E-state index in [1.54, 1.807) is 29.9 Å². The van der Waals surface area contributed by atoms with E-state index in [2.05, 4.69) is 0 Å². The summed E-state index contributed by atoms with van der Waals surface area (Å²) in [7, 11) is 1.63. The average molecular weight is 304 g/mol. The van der Waals surface area contributed by atoms with Crippen LogP contribution >= 0.6 is 11.6 Å². The Kier molecular flexibility index (Phi) is 4.86. The lowest BCUT2D eigenvalue weighted by Crippen LogP contribution is -2.13. The number of ether oxygens (including phenoxy) is 1. The standard InChI is InChI=1S/C17H18ClNO2/c1-4-13(6-5-9-18)17(20)19-12(2)10-14-11-15(21-3)7-8-16(14)19/h4-8,10-11H,9H2,1-3H3/b6-5-,13-4+. The first-order valence-electron chi connectivity index (χ1n) is 6.72. The van der Waals surface area contributed by atoms with Crippen molar-refractivity contribution in [3.8, 4) is 5.75 Å². The van der Waals surface area contributed by atoms with Crippen LogP contribution in [0.15, 0.2) is 48.1 Å². The Hall–Kier alpha value is -2.00. The number of halogens is 1. The highest BCUT2D eigenvalue weighted by atomic mass is 35.5. The third kappa shape index (κ3) is 3.03. The van der Waals surface area contributed by atoms with E-state index in [-0.39, 0.29) is 5.91 Å². The zero-order valence-electron chi connectivity index (χ0n) is 12.4. The molecule has 1 aromatic heterocycles. The van der Waals surface area contributed by atoms with Gasteiger partial charge < -0.3 is 4.74 Å². The van der Waals surface area contributed by atoms with Crippen LogP contribution in [0.1, 0.15) is 17.4 Å². The van der Waals surface area contributed by atoms with Crippen molar-refractivity contribution in [2.45, 2.75) is 13.8 Å². The molecule has 3 nitrogen and oxygen atoms in total. The largest absolute Gasteiger partial charge is 0.497 e. The van der Waals surface area contributed by atoms with E-state index < -0.39 is 0 Å². The van der Waals surface area contributed by atoms with Gasteiger partial charge in [-0.2, -0.15) is 0 Å². The molecule has 1 heterocycles. The summed E-state index contributed by atoms with van der Waals surface area (Å²) in [5.74, 6) is 1.10. The molecule has 0 aliphatic rings. The summed E-state index contributed by atoms with van der Waals surface area (Å²) in [5, 5.41) is 0.983. The van der Waals surface area contributed by atoms with Crippen molar-refractivity contribution in [3.63, 3.8) is 0 Å². The van der Waals surface area contributed by atoms with Gasteiger partial charge >= 0.3 is 0 Å². The summed E-state index contributed by atoms with van der Waals surface area (Å²) in [4.78, 5) is 12.7. The minimum Gasteiger partial charge on any atom is -0.497 e. The summed E-state index contributed by atoms with van der Waals surface area (Å²) in [5.41, 5.74) is 2.38. The van der Waals surface area contributed by atoms with Gasteiger partial charge in [-0.05, 0) is 38.1 Å². The monoisotopic (exact) mass is 303 g/mol. The number of hydrogen-bond donors (Lipinski definition) is 0. The molecule has 110 valence electrons. The van der Waals surface area contributed by atoms with Crippen molar-refractivity contribution in [1.29, 1.82) is 0 Å². The molecule has 2 rings (SSSR count). The van der Waals surface area contributed by atoms with Crippen molar-refractivity contribution in [2.24, 2.45) is 0 Å². The molecule has 2 aromatic rings. The van der Waals surface area contributed by atoms with Gasteiger partial charge in [0.1, 0.15) is 5.75 Å². The quantitative estimate of drug-likeness (QED) is 0.478.